The van der Waals surface area contributed by atoms with E-state index in [0.29, 0.717) is 11.4 Å². The Morgan fingerprint density at radius 2 is 0.812 bits per heavy atom. The minimum absolute atomic E-state index is 0.00358. The first-order valence-corrected chi connectivity index (χ1v) is 21.3. The summed E-state index contributed by atoms with van der Waals surface area (Å²) in [6.45, 7) is 5.89. The van der Waals surface area contributed by atoms with Gasteiger partial charge in [0.15, 0.2) is 11.6 Å². The first-order valence-electron chi connectivity index (χ1n) is 18.9. The molecule has 330 valence electrons. The maximum Gasteiger partial charge on any atom is 0.258 e. The van der Waals surface area contributed by atoms with Crippen LogP contribution in [0.3, 0.4) is 0 Å². The topological polar surface area (TPSA) is 200 Å². The van der Waals surface area contributed by atoms with Crippen molar-refractivity contribution in [2.45, 2.75) is 50.5 Å². The molecule has 0 radical (unpaired) electrons. The van der Waals surface area contributed by atoms with Crippen molar-refractivity contribution in [3.05, 3.63) is 139 Å². The second-order valence-corrected chi connectivity index (χ2v) is 16.9. The summed E-state index contributed by atoms with van der Waals surface area (Å²) in [5, 5.41) is 25.8. The van der Waals surface area contributed by atoms with Gasteiger partial charge in [-0.1, -0.05) is 70.7 Å². The summed E-state index contributed by atoms with van der Waals surface area (Å²) < 4.78 is 0. The summed E-state index contributed by atoms with van der Waals surface area (Å²) in [5.41, 5.74) is 3.00. The number of Topliss-reactive ketones (excluding diaryl/α,β-unsaturated/α-hetero) is 2. The van der Waals surface area contributed by atoms with Gasteiger partial charge >= 0.3 is 0 Å². The van der Waals surface area contributed by atoms with E-state index in [9.17, 15) is 28.8 Å². The van der Waals surface area contributed by atoms with Crippen LogP contribution in [0.5, 0.6) is 0 Å². The molecule has 0 aliphatic heterocycles. The smallest absolute Gasteiger partial charge is 0.258 e. The van der Waals surface area contributed by atoms with Crippen LogP contribution in [0, 0.1) is 0 Å². The Kier molecular flexibility index (Phi) is 17.1. The summed E-state index contributed by atoms with van der Waals surface area (Å²) in [5.74, 6) is -4.25. The second kappa shape index (κ2) is 22.2. The van der Waals surface area contributed by atoms with E-state index in [1.807, 2.05) is 13.8 Å². The first-order chi connectivity index (χ1) is 30.3. The van der Waals surface area contributed by atoms with E-state index in [-0.39, 0.29) is 64.7 Å². The van der Waals surface area contributed by atoms with Gasteiger partial charge in [0.05, 0.1) is 42.2 Å². The molecule has 4 amide bonds. The molecule has 5 aromatic rings. The number of benzene rings is 5. The number of rotatable bonds is 16. The molecule has 4 N–H and O–H groups in total. The van der Waals surface area contributed by atoms with Gasteiger partial charge in [-0.3, -0.25) is 28.8 Å². The van der Waals surface area contributed by atoms with Gasteiger partial charge in [-0.25, -0.2) is 0 Å². The molecule has 4 atom stereocenters. The Morgan fingerprint density at radius 1 is 0.469 bits per heavy atom. The molecule has 5 aromatic carbocycles. The lowest BCUT2D eigenvalue weighted by Gasteiger charge is -2.15. The normalized spacial score (nSPS) is 13.2. The fraction of sp³-hybridized carbons (Fsp3) is 0.182. The van der Waals surface area contributed by atoms with E-state index < -0.39 is 47.3 Å². The van der Waals surface area contributed by atoms with E-state index in [1.54, 1.807) is 48.5 Å². The fourth-order valence-corrected chi connectivity index (χ4v) is 6.57. The van der Waals surface area contributed by atoms with Gasteiger partial charge < -0.3 is 21.3 Å². The van der Waals surface area contributed by atoms with Crippen LogP contribution in [0.2, 0.25) is 20.1 Å². The molecule has 0 aliphatic carbocycles. The number of amides is 4. The predicted molar refractivity (Wildman–Crippen MR) is 252 cm³/mol. The summed E-state index contributed by atoms with van der Waals surface area (Å²) in [7, 11) is 0. The Morgan fingerprint density at radius 3 is 1.12 bits per heavy atom. The van der Waals surface area contributed by atoms with Crippen molar-refractivity contribution in [2.75, 3.05) is 21.3 Å². The van der Waals surface area contributed by atoms with Crippen molar-refractivity contribution >= 4 is 139 Å². The average molecular weight is 986 g/mol. The molecule has 0 saturated heterocycles. The third-order valence-corrected chi connectivity index (χ3v) is 10.8. The van der Waals surface area contributed by atoms with E-state index in [1.165, 1.54) is 48.5 Å². The molecular formula is C44H36Cl6N8O6. The minimum atomic E-state index is -1.69. The monoisotopic (exact) mass is 982 g/mol. The second-order valence-electron chi connectivity index (χ2n) is 14.0. The van der Waals surface area contributed by atoms with Crippen LogP contribution in [0.4, 0.5) is 34.1 Å². The zero-order valence-corrected chi connectivity index (χ0v) is 38.6. The number of nitrogens with zero attached hydrogens (tertiary/aromatic N) is 4. The van der Waals surface area contributed by atoms with Gasteiger partial charge in [0.2, 0.25) is 12.1 Å². The zero-order chi connectivity index (χ0) is 46.8. The number of hydrogen-bond donors (Lipinski definition) is 4. The number of nitrogens with one attached hydrogen (secondary N) is 4. The standard InChI is InChI=1S/C44H36Cl6N8O6/c1-21(45)25-5-11-29(12-6-25)51-41(61)27-9-15-31(47)37(17-27)55-57-39(23(3)59)43(63)53-35-19-34(50)36(20-33(35)49)54-44(64)40(24(4)60)58-56-38-18-28(10-16-32(38)48)42(62)52-30-13-7-26(8-14-30)22(2)46/h5-22,39-40H,1-4H3,(H,51,61)(H,52,62)(H,53,63)(H,54,64). The third-order valence-electron chi connectivity index (χ3n) is 9.07. The van der Waals surface area contributed by atoms with Gasteiger partial charge in [0.1, 0.15) is 11.4 Å². The van der Waals surface area contributed by atoms with Crippen molar-refractivity contribution in [1.82, 2.24) is 0 Å². The van der Waals surface area contributed by atoms with Gasteiger partial charge in [-0.2, -0.15) is 20.5 Å². The lowest BCUT2D eigenvalue weighted by Crippen LogP contribution is -2.32. The third kappa shape index (κ3) is 13.2. The van der Waals surface area contributed by atoms with Crippen LogP contribution in [-0.4, -0.2) is 47.3 Å². The number of carbonyl (C=O) groups is 6. The van der Waals surface area contributed by atoms with Crippen LogP contribution in [-0.2, 0) is 19.2 Å². The summed E-state index contributed by atoms with van der Waals surface area (Å²) >= 11 is 37.8. The molecule has 0 fully saturated rings. The van der Waals surface area contributed by atoms with E-state index in [4.69, 9.17) is 69.6 Å². The van der Waals surface area contributed by atoms with Crippen LogP contribution in [0.1, 0.15) is 70.3 Å². The van der Waals surface area contributed by atoms with E-state index in [2.05, 4.69) is 41.7 Å². The average Bonchev–Trinajstić information content (AvgIpc) is 3.24. The molecule has 5 rings (SSSR count). The highest BCUT2D eigenvalue weighted by Crippen LogP contribution is 2.34. The van der Waals surface area contributed by atoms with Gasteiger partial charge in [-0.15, -0.1) is 23.2 Å². The molecule has 20 heteroatoms. The molecule has 0 aliphatic rings. The number of ketones is 2. The highest BCUT2D eigenvalue weighted by Gasteiger charge is 2.27. The highest BCUT2D eigenvalue weighted by molar-refractivity contribution is 6.38. The summed E-state index contributed by atoms with van der Waals surface area (Å²) in [6.07, 6.45) is 0. The summed E-state index contributed by atoms with van der Waals surface area (Å²) in [6, 6.07) is 21.4. The zero-order valence-electron chi connectivity index (χ0n) is 34.1. The van der Waals surface area contributed by atoms with Crippen LogP contribution in [0.25, 0.3) is 0 Å². The van der Waals surface area contributed by atoms with Crippen LogP contribution >= 0.6 is 69.6 Å². The molecule has 64 heavy (non-hydrogen) atoms. The Balaban J connectivity index is 1.25. The first kappa shape index (κ1) is 49.3. The highest BCUT2D eigenvalue weighted by atomic mass is 35.5. The molecule has 0 saturated carbocycles. The molecule has 14 nitrogen and oxygen atoms in total. The number of hydrogen-bond acceptors (Lipinski definition) is 10. The number of azo groups is 2. The molecule has 0 bridgehead atoms. The molecule has 0 aromatic heterocycles. The van der Waals surface area contributed by atoms with E-state index in [0.717, 1.165) is 25.0 Å². The van der Waals surface area contributed by atoms with Crippen molar-refractivity contribution in [3.63, 3.8) is 0 Å². The Labute approximate surface area is 397 Å². The predicted octanol–water partition coefficient (Wildman–Crippen LogP) is 12.8. The molecule has 0 spiro atoms. The maximum absolute atomic E-state index is 13.3. The quantitative estimate of drug-likeness (QED) is 0.0430. The van der Waals surface area contributed by atoms with Crippen LogP contribution < -0.4 is 21.3 Å². The van der Waals surface area contributed by atoms with Crippen molar-refractivity contribution in [1.29, 1.82) is 0 Å². The molecule has 0 heterocycles. The minimum Gasteiger partial charge on any atom is -0.322 e. The fourth-order valence-electron chi connectivity index (χ4n) is 5.55. The largest absolute Gasteiger partial charge is 0.322 e. The molecule has 4 unspecified atom stereocenters. The van der Waals surface area contributed by atoms with Gasteiger partial charge in [0.25, 0.3) is 23.6 Å². The number of halogens is 6. The summed E-state index contributed by atoms with van der Waals surface area (Å²) in [4.78, 5) is 77.8. The number of anilines is 4. The number of carbonyl (C=O) groups excluding carboxylic acids is 6. The van der Waals surface area contributed by atoms with E-state index >= 15 is 0 Å². The Bertz CT molecular complexity index is 2490. The van der Waals surface area contributed by atoms with Gasteiger partial charge in [0, 0.05) is 22.5 Å². The molecular weight excluding hydrogens is 949 g/mol. The Hall–Kier alpha value is -5.74. The lowest BCUT2D eigenvalue weighted by molar-refractivity contribution is -0.127. The van der Waals surface area contributed by atoms with Crippen LogP contribution in [0.15, 0.2) is 118 Å². The van der Waals surface area contributed by atoms with Crippen molar-refractivity contribution in [2.24, 2.45) is 20.5 Å². The van der Waals surface area contributed by atoms with Crippen molar-refractivity contribution < 1.29 is 28.8 Å². The van der Waals surface area contributed by atoms with Gasteiger partial charge in [-0.05, 0) is 112 Å². The maximum atomic E-state index is 13.3. The SMILES string of the molecule is CC(=O)C(N=Nc1cc(C(=O)Nc2ccc(C(C)Cl)cc2)ccc1Cl)C(=O)Nc1cc(Cl)c(NC(=O)C(N=Nc2cc(C(=O)Nc3ccc(C(C)Cl)cc3)ccc2Cl)C(C)=O)cc1Cl. The lowest BCUT2D eigenvalue weighted by atomic mass is 10.1. The number of alkyl halides is 2. The van der Waals surface area contributed by atoms with Crippen molar-refractivity contribution in [3.8, 4) is 0 Å².